The Bertz CT molecular complexity index is 889. The van der Waals surface area contributed by atoms with Crippen molar-refractivity contribution in [2.75, 3.05) is 19.1 Å². The fourth-order valence-electron chi connectivity index (χ4n) is 3.02. The number of nitrogens with two attached hydrogens (primary N) is 1. The van der Waals surface area contributed by atoms with Crippen LogP contribution in [-0.2, 0) is 13.0 Å². The van der Waals surface area contributed by atoms with Crippen LogP contribution in [0.4, 0.5) is 5.95 Å². The van der Waals surface area contributed by atoms with Crippen LogP contribution in [0.5, 0.6) is 11.5 Å². The average Bonchev–Trinajstić information content (AvgIpc) is 3.17. The highest BCUT2D eigenvalue weighted by Gasteiger charge is 2.15. The number of nitrogens with zero attached hydrogens (tertiary/aromatic N) is 2. The van der Waals surface area contributed by atoms with Gasteiger partial charge in [0.1, 0.15) is 0 Å². The zero-order chi connectivity index (χ0) is 16.5. The predicted molar refractivity (Wildman–Crippen MR) is 91.2 cm³/mol. The van der Waals surface area contributed by atoms with Gasteiger partial charge in [0.15, 0.2) is 11.5 Å². The molecule has 6 nitrogen and oxygen atoms in total. The standard InChI is InChI=1S/C18H19N3O3/c19-18-20-14-8-12(2-1-7-22)3-5-15(14)21(18)10-13-4-6-16-17(9-13)24-11-23-16/h3-6,8-9,22H,1-2,7,10-11H2,(H2,19,20). The lowest BCUT2D eigenvalue weighted by Gasteiger charge is -2.08. The van der Waals surface area contributed by atoms with Crippen molar-refractivity contribution in [2.45, 2.75) is 19.4 Å². The molecule has 0 saturated heterocycles. The molecule has 2 heterocycles. The van der Waals surface area contributed by atoms with Crippen LogP contribution >= 0.6 is 0 Å². The second kappa shape index (κ2) is 6.05. The lowest BCUT2D eigenvalue weighted by atomic mass is 10.1. The molecule has 0 fully saturated rings. The maximum atomic E-state index is 8.96. The van der Waals surface area contributed by atoms with Gasteiger partial charge in [0.25, 0.3) is 0 Å². The molecule has 0 saturated carbocycles. The maximum absolute atomic E-state index is 8.96. The molecule has 1 aromatic heterocycles. The first-order chi connectivity index (χ1) is 11.7. The van der Waals surface area contributed by atoms with E-state index in [4.69, 9.17) is 20.3 Å². The van der Waals surface area contributed by atoms with Gasteiger partial charge < -0.3 is 24.9 Å². The van der Waals surface area contributed by atoms with E-state index >= 15 is 0 Å². The second-order valence-corrected chi connectivity index (χ2v) is 5.89. The van der Waals surface area contributed by atoms with Crippen LogP contribution in [0.15, 0.2) is 36.4 Å². The Labute approximate surface area is 139 Å². The summed E-state index contributed by atoms with van der Waals surface area (Å²) in [6.45, 7) is 1.08. The zero-order valence-corrected chi connectivity index (χ0v) is 13.2. The lowest BCUT2D eigenvalue weighted by Crippen LogP contribution is -2.04. The van der Waals surface area contributed by atoms with Gasteiger partial charge in [-0.2, -0.15) is 0 Å². The summed E-state index contributed by atoms with van der Waals surface area (Å²) in [6, 6.07) is 12.0. The van der Waals surface area contributed by atoms with Crippen molar-refractivity contribution in [1.82, 2.24) is 9.55 Å². The highest BCUT2D eigenvalue weighted by molar-refractivity contribution is 5.79. The Morgan fingerprint density at radius 3 is 2.79 bits per heavy atom. The van der Waals surface area contributed by atoms with E-state index in [1.807, 2.05) is 34.9 Å². The van der Waals surface area contributed by atoms with Crippen LogP contribution in [0, 0.1) is 0 Å². The van der Waals surface area contributed by atoms with Crippen molar-refractivity contribution < 1.29 is 14.6 Å². The molecule has 124 valence electrons. The summed E-state index contributed by atoms with van der Waals surface area (Å²) in [5, 5.41) is 8.96. The average molecular weight is 325 g/mol. The first-order valence-electron chi connectivity index (χ1n) is 7.98. The Balaban J connectivity index is 1.65. The summed E-state index contributed by atoms with van der Waals surface area (Å²) in [4.78, 5) is 4.47. The van der Waals surface area contributed by atoms with Gasteiger partial charge in [-0.25, -0.2) is 4.98 Å². The van der Waals surface area contributed by atoms with Gasteiger partial charge in [-0.15, -0.1) is 0 Å². The van der Waals surface area contributed by atoms with Gasteiger partial charge in [-0.3, -0.25) is 0 Å². The number of hydrogen-bond acceptors (Lipinski definition) is 5. The van der Waals surface area contributed by atoms with Crippen LogP contribution in [-0.4, -0.2) is 28.1 Å². The molecular weight excluding hydrogens is 306 g/mol. The van der Waals surface area contributed by atoms with Gasteiger partial charge >= 0.3 is 0 Å². The first-order valence-corrected chi connectivity index (χ1v) is 7.98. The van der Waals surface area contributed by atoms with E-state index in [0.29, 0.717) is 12.5 Å². The Morgan fingerprint density at radius 1 is 1.08 bits per heavy atom. The summed E-state index contributed by atoms with van der Waals surface area (Å²) in [5.41, 5.74) is 10.2. The number of aryl methyl sites for hydroxylation is 1. The Kier molecular flexibility index (Phi) is 3.74. The lowest BCUT2D eigenvalue weighted by molar-refractivity contribution is 0.174. The molecule has 24 heavy (non-hydrogen) atoms. The topological polar surface area (TPSA) is 82.5 Å². The summed E-state index contributed by atoms with van der Waals surface area (Å²) >= 11 is 0. The molecule has 0 atom stereocenters. The number of ether oxygens (including phenoxy) is 2. The molecule has 3 aromatic rings. The van der Waals surface area contributed by atoms with Gasteiger partial charge in [0.2, 0.25) is 12.7 Å². The number of aliphatic hydroxyl groups is 1. The SMILES string of the molecule is Nc1nc2cc(CCCO)ccc2n1Cc1ccc2c(c1)OCO2. The third kappa shape index (κ3) is 2.65. The van der Waals surface area contributed by atoms with E-state index < -0.39 is 0 Å². The minimum Gasteiger partial charge on any atom is -0.454 e. The normalized spacial score (nSPS) is 12.9. The summed E-state index contributed by atoms with van der Waals surface area (Å²) in [5.74, 6) is 2.03. The number of hydrogen-bond donors (Lipinski definition) is 2. The maximum Gasteiger partial charge on any atom is 0.231 e. The third-order valence-corrected chi connectivity index (χ3v) is 4.24. The van der Waals surface area contributed by atoms with Crippen LogP contribution in [0.2, 0.25) is 0 Å². The van der Waals surface area contributed by atoms with Gasteiger partial charge in [-0.1, -0.05) is 12.1 Å². The van der Waals surface area contributed by atoms with Crippen molar-refractivity contribution in [3.63, 3.8) is 0 Å². The molecule has 0 aliphatic carbocycles. The Morgan fingerprint density at radius 2 is 1.92 bits per heavy atom. The molecule has 0 bridgehead atoms. The van der Waals surface area contributed by atoms with E-state index in [9.17, 15) is 0 Å². The number of aromatic nitrogens is 2. The van der Waals surface area contributed by atoms with Gasteiger partial charge in [0, 0.05) is 6.61 Å². The molecule has 1 aliphatic heterocycles. The highest BCUT2D eigenvalue weighted by Crippen LogP contribution is 2.33. The minimum absolute atomic E-state index is 0.193. The van der Waals surface area contributed by atoms with Crippen LogP contribution in [0.3, 0.4) is 0 Å². The smallest absolute Gasteiger partial charge is 0.231 e. The quantitative estimate of drug-likeness (QED) is 0.752. The van der Waals surface area contributed by atoms with E-state index in [0.717, 1.165) is 46.5 Å². The third-order valence-electron chi connectivity index (χ3n) is 4.24. The fraction of sp³-hybridized carbons (Fsp3) is 0.278. The van der Waals surface area contributed by atoms with Gasteiger partial charge in [-0.05, 0) is 48.2 Å². The highest BCUT2D eigenvalue weighted by atomic mass is 16.7. The molecule has 2 aromatic carbocycles. The number of benzene rings is 2. The zero-order valence-electron chi connectivity index (χ0n) is 13.2. The van der Waals surface area contributed by atoms with Crippen LogP contribution in [0.25, 0.3) is 11.0 Å². The van der Waals surface area contributed by atoms with Gasteiger partial charge in [0.05, 0.1) is 17.6 Å². The second-order valence-electron chi connectivity index (χ2n) is 5.89. The van der Waals surface area contributed by atoms with Crippen molar-refractivity contribution in [2.24, 2.45) is 0 Å². The van der Waals surface area contributed by atoms with E-state index in [1.165, 1.54) is 0 Å². The number of aliphatic hydroxyl groups excluding tert-OH is 1. The largest absolute Gasteiger partial charge is 0.454 e. The molecule has 4 rings (SSSR count). The van der Waals surface area contributed by atoms with E-state index in [-0.39, 0.29) is 13.4 Å². The van der Waals surface area contributed by atoms with Crippen molar-refractivity contribution in [3.8, 4) is 11.5 Å². The van der Waals surface area contributed by atoms with E-state index in [2.05, 4.69) is 11.1 Å². The fourth-order valence-corrected chi connectivity index (χ4v) is 3.02. The molecule has 3 N–H and O–H groups in total. The molecule has 0 radical (unpaired) electrons. The molecular formula is C18H19N3O3. The molecule has 0 spiro atoms. The molecule has 1 aliphatic rings. The first kappa shape index (κ1) is 14.8. The summed E-state index contributed by atoms with van der Waals surface area (Å²) in [7, 11) is 0. The van der Waals surface area contributed by atoms with Crippen LogP contribution < -0.4 is 15.2 Å². The van der Waals surface area contributed by atoms with Crippen LogP contribution in [0.1, 0.15) is 17.5 Å². The van der Waals surface area contributed by atoms with Crippen molar-refractivity contribution in [1.29, 1.82) is 0 Å². The molecule has 0 unspecified atom stereocenters. The number of rotatable bonds is 5. The summed E-state index contributed by atoms with van der Waals surface area (Å²) in [6.07, 6.45) is 1.58. The predicted octanol–water partition coefficient (Wildman–Crippen LogP) is 2.32. The number of nitrogen functional groups attached to an aromatic ring is 1. The van der Waals surface area contributed by atoms with E-state index in [1.54, 1.807) is 0 Å². The number of imidazole rings is 1. The van der Waals surface area contributed by atoms with Crippen molar-refractivity contribution in [3.05, 3.63) is 47.5 Å². The number of anilines is 1. The molecule has 6 heteroatoms. The van der Waals surface area contributed by atoms with Crippen molar-refractivity contribution >= 4 is 17.0 Å². The number of fused-ring (bicyclic) bond motifs is 2. The Hall–Kier alpha value is -2.73. The molecule has 0 amide bonds. The minimum atomic E-state index is 0.193. The monoisotopic (exact) mass is 325 g/mol. The summed E-state index contributed by atoms with van der Waals surface area (Å²) < 4.78 is 12.8.